The summed E-state index contributed by atoms with van der Waals surface area (Å²) in [6.45, 7) is 4.31. The number of aryl methyl sites for hydroxylation is 1. The lowest BCUT2D eigenvalue weighted by Crippen LogP contribution is -2.36. The number of carbonyl (C=O) groups excluding carboxylic acids is 1. The zero-order valence-electron chi connectivity index (χ0n) is 16.2. The first kappa shape index (κ1) is 18.6. The van der Waals surface area contributed by atoms with E-state index in [0.717, 1.165) is 28.6 Å². The Labute approximate surface area is 169 Å². The molecule has 0 saturated carbocycles. The first-order chi connectivity index (χ1) is 13.3. The number of nitriles is 1. The minimum Gasteiger partial charge on any atom is -0.348 e. The number of rotatable bonds is 3. The molecule has 2 aromatic carbocycles. The van der Waals surface area contributed by atoms with Gasteiger partial charge in [0.25, 0.3) is 0 Å². The van der Waals surface area contributed by atoms with Crippen molar-refractivity contribution in [2.45, 2.75) is 32.7 Å². The Bertz CT molecular complexity index is 1140. The Kier molecular flexibility index (Phi) is 4.44. The second-order valence-corrected chi connectivity index (χ2v) is 8.70. The Hall–Kier alpha value is -2.77. The molecule has 0 bridgehead atoms. The van der Waals surface area contributed by atoms with Crippen molar-refractivity contribution < 1.29 is 4.79 Å². The van der Waals surface area contributed by atoms with Crippen LogP contribution in [0.4, 0.5) is 0 Å². The molecular formula is C23H22ClN3O. The van der Waals surface area contributed by atoms with Crippen LogP contribution in [-0.2, 0) is 24.7 Å². The van der Waals surface area contributed by atoms with Crippen LogP contribution in [-0.4, -0.2) is 10.5 Å². The van der Waals surface area contributed by atoms with Crippen LogP contribution in [0.25, 0.3) is 10.9 Å². The molecule has 4 rings (SSSR count). The van der Waals surface area contributed by atoms with Gasteiger partial charge in [-0.25, -0.2) is 0 Å². The summed E-state index contributed by atoms with van der Waals surface area (Å²) in [4.78, 5) is 12.9. The van der Waals surface area contributed by atoms with E-state index in [-0.39, 0.29) is 17.4 Å². The third-order valence-electron chi connectivity index (χ3n) is 5.76. The molecule has 28 heavy (non-hydrogen) atoms. The zero-order valence-corrected chi connectivity index (χ0v) is 17.0. The first-order valence-corrected chi connectivity index (χ1v) is 9.72. The number of benzene rings is 2. The van der Waals surface area contributed by atoms with E-state index < -0.39 is 0 Å². The molecule has 3 aromatic rings. The normalized spacial score (nSPS) is 17.3. The van der Waals surface area contributed by atoms with E-state index >= 15 is 0 Å². The Balaban J connectivity index is 1.59. The maximum Gasteiger partial charge on any atom is 0.226 e. The van der Waals surface area contributed by atoms with Gasteiger partial charge in [-0.1, -0.05) is 31.5 Å². The first-order valence-electron chi connectivity index (χ1n) is 9.34. The van der Waals surface area contributed by atoms with E-state index in [2.05, 4.69) is 25.2 Å². The molecule has 1 aliphatic carbocycles. The van der Waals surface area contributed by atoms with Gasteiger partial charge in [0.1, 0.15) is 0 Å². The van der Waals surface area contributed by atoms with Crippen LogP contribution in [0.15, 0.2) is 42.5 Å². The summed E-state index contributed by atoms with van der Waals surface area (Å²) in [5.74, 6) is -0.0229. The summed E-state index contributed by atoms with van der Waals surface area (Å²) in [7, 11) is 1.97. The Morgan fingerprint density at radius 1 is 1.29 bits per heavy atom. The zero-order chi connectivity index (χ0) is 20.1. The number of hydrogen-bond donors (Lipinski definition) is 1. The second kappa shape index (κ2) is 6.68. The van der Waals surface area contributed by atoms with E-state index in [1.54, 1.807) is 0 Å². The predicted molar refractivity (Wildman–Crippen MR) is 111 cm³/mol. The summed E-state index contributed by atoms with van der Waals surface area (Å²) in [6.07, 6.45) is 1.17. The van der Waals surface area contributed by atoms with Gasteiger partial charge in [0.2, 0.25) is 5.91 Å². The minimum atomic E-state index is -0.104. The van der Waals surface area contributed by atoms with Crippen LogP contribution < -0.4 is 5.32 Å². The minimum absolute atomic E-state index is 0.0229. The van der Waals surface area contributed by atoms with Crippen molar-refractivity contribution in [3.63, 3.8) is 0 Å². The van der Waals surface area contributed by atoms with E-state index in [4.69, 9.17) is 11.6 Å². The average molecular weight is 392 g/mol. The molecule has 4 nitrogen and oxygen atoms in total. The van der Waals surface area contributed by atoms with Gasteiger partial charge in [0, 0.05) is 28.7 Å². The summed E-state index contributed by atoms with van der Waals surface area (Å²) < 4.78 is 2.03. The molecule has 0 spiro atoms. The summed E-state index contributed by atoms with van der Waals surface area (Å²) >= 11 is 6.09. The topological polar surface area (TPSA) is 57.8 Å². The van der Waals surface area contributed by atoms with Gasteiger partial charge >= 0.3 is 0 Å². The van der Waals surface area contributed by atoms with Gasteiger partial charge < -0.3 is 9.88 Å². The number of nitrogens with one attached hydrogen (secondary N) is 1. The fourth-order valence-corrected chi connectivity index (χ4v) is 4.49. The monoisotopic (exact) mass is 391 g/mol. The van der Waals surface area contributed by atoms with Crippen LogP contribution >= 0.6 is 11.6 Å². The lowest BCUT2D eigenvalue weighted by molar-refractivity contribution is -0.122. The molecule has 1 heterocycles. The van der Waals surface area contributed by atoms with Gasteiger partial charge in [0.05, 0.1) is 24.1 Å². The van der Waals surface area contributed by atoms with Crippen molar-refractivity contribution in [2.75, 3.05) is 0 Å². The fourth-order valence-electron chi connectivity index (χ4n) is 4.30. The number of amides is 1. The molecule has 0 radical (unpaired) electrons. The van der Waals surface area contributed by atoms with Gasteiger partial charge in [-0.3, -0.25) is 4.79 Å². The average Bonchev–Trinajstić information content (AvgIpc) is 3.07. The van der Waals surface area contributed by atoms with Crippen LogP contribution in [0.1, 0.15) is 42.3 Å². The lowest BCUT2D eigenvalue weighted by Gasteiger charge is -2.28. The van der Waals surface area contributed by atoms with E-state index in [9.17, 15) is 10.1 Å². The number of fused-ring (bicyclic) bond motifs is 2. The Morgan fingerprint density at radius 2 is 2.07 bits per heavy atom. The highest BCUT2D eigenvalue weighted by atomic mass is 35.5. The van der Waals surface area contributed by atoms with Crippen LogP contribution in [0.3, 0.4) is 0 Å². The molecule has 5 heteroatoms. The molecule has 1 aromatic heterocycles. The van der Waals surface area contributed by atoms with E-state index in [1.165, 1.54) is 5.56 Å². The van der Waals surface area contributed by atoms with Crippen LogP contribution in [0.5, 0.6) is 0 Å². The molecule has 1 aliphatic rings. The fraction of sp³-hybridized carbons (Fsp3) is 0.304. The second-order valence-electron chi connectivity index (χ2n) is 8.27. The number of aromatic nitrogens is 1. The van der Waals surface area contributed by atoms with Crippen molar-refractivity contribution >= 4 is 28.4 Å². The number of nitrogens with zero attached hydrogens (tertiary/aromatic N) is 2. The smallest absolute Gasteiger partial charge is 0.226 e. The number of halogens is 1. The SMILES string of the molecule is Cn1c(CC(=O)N[C@H]2c3cc(C#N)ccc3CC2(C)C)cc2cc(Cl)ccc21. The van der Waals surface area contributed by atoms with E-state index in [1.807, 2.05) is 54.1 Å². The molecule has 0 fully saturated rings. The summed E-state index contributed by atoms with van der Waals surface area (Å²) in [5.41, 5.74) is 4.78. The standard InChI is InChI=1S/C23H22ClN3O/c1-23(2)12-15-5-4-14(13-25)8-19(15)22(23)26-21(28)11-18-10-16-9-17(24)6-7-20(16)27(18)3/h4-10,22H,11-12H2,1-3H3,(H,26,28)/t22-/m0/s1. The van der Waals surface area contributed by atoms with Gasteiger partial charge in [-0.15, -0.1) is 0 Å². The molecular weight excluding hydrogens is 370 g/mol. The molecule has 0 saturated heterocycles. The third kappa shape index (κ3) is 3.16. The molecule has 1 N–H and O–H groups in total. The van der Waals surface area contributed by atoms with Crippen molar-refractivity contribution in [3.05, 3.63) is 69.9 Å². The van der Waals surface area contributed by atoms with Crippen molar-refractivity contribution in [1.29, 1.82) is 5.26 Å². The highest BCUT2D eigenvalue weighted by molar-refractivity contribution is 6.31. The van der Waals surface area contributed by atoms with Gasteiger partial charge in [-0.2, -0.15) is 5.26 Å². The van der Waals surface area contributed by atoms with Crippen molar-refractivity contribution in [3.8, 4) is 6.07 Å². The largest absolute Gasteiger partial charge is 0.348 e. The van der Waals surface area contributed by atoms with Gasteiger partial charge in [-0.05, 0) is 59.4 Å². The third-order valence-corrected chi connectivity index (χ3v) is 6.00. The van der Waals surface area contributed by atoms with Crippen molar-refractivity contribution in [2.24, 2.45) is 12.5 Å². The van der Waals surface area contributed by atoms with Crippen LogP contribution in [0, 0.1) is 16.7 Å². The quantitative estimate of drug-likeness (QED) is 0.704. The van der Waals surface area contributed by atoms with Crippen molar-refractivity contribution in [1.82, 2.24) is 9.88 Å². The molecule has 1 amide bonds. The maximum atomic E-state index is 12.9. The number of carbonyl (C=O) groups is 1. The summed E-state index contributed by atoms with van der Waals surface area (Å²) in [5, 5.41) is 14.2. The predicted octanol–water partition coefficient (Wildman–Crippen LogP) is 4.69. The molecule has 0 aliphatic heterocycles. The van der Waals surface area contributed by atoms with Crippen LogP contribution in [0.2, 0.25) is 5.02 Å². The highest BCUT2D eigenvalue weighted by Crippen LogP contribution is 2.45. The maximum absolute atomic E-state index is 12.9. The molecule has 1 atom stereocenters. The van der Waals surface area contributed by atoms with Gasteiger partial charge in [0.15, 0.2) is 0 Å². The number of hydrogen-bond acceptors (Lipinski definition) is 2. The Morgan fingerprint density at radius 3 is 2.82 bits per heavy atom. The highest BCUT2D eigenvalue weighted by Gasteiger charge is 2.40. The molecule has 0 unspecified atom stereocenters. The van der Waals surface area contributed by atoms with E-state index in [0.29, 0.717) is 17.0 Å². The summed E-state index contributed by atoms with van der Waals surface area (Å²) in [6, 6.07) is 15.6. The molecule has 142 valence electrons. The lowest BCUT2D eigenvalue weighted by atomic mass is 9.85.